The van der Waals surface area contributed by atoms with Crippen molar-refractivity contribution in [2.75, 3.05) is 14.1 Å². The van der Waals surface area contributed by atoms with Crippen LogP contribution in [0.5, 0.6) is 0 Å². The molecule has 0 aromatic heterocycles. The Morgan fingerprint density at radius 3 is 2.04 bits per heavy atom. The van der Waals surface area contributed by atoms with Crippen molar-refractivity contribution in [2.45, 2.75) is 12.0 Å². The average molecular weight is 358 g/mol. The van der Waals surface area contributed by atoms with Gasteiger partial charge in [-0.1, -0.05) is 48.2 Å². The highest BCUT2D eigenvalue weighted by Crippen LogP contribution is 2.60. The van der Waals surface area contributed by atoms with E-state index in [1.54, 1.807) is 17.0 Å². The summed E-state index contributed by atoms with van der Waals surface area (Å²) in [5.74, 6) is -0.700. The minimum atomic E-state index is -1.90. The summed E-state index contributed by atoms with van der Waals surface area (Å²) >= 11 is 1.37. The van der Waals surface area contributed by atoms with E-state index in [-0.39, 0.29) is 0 Å². The molecule has 0 bridgehead atoms. The lowest BCUT2D eigenvalue weighted by molar-refractivity contribution is 0.232. The summed E-state index contributed by atoms with van der Waals surface area (Å²) < 4.78 is 0. The van der Waals surface area contributed by atoms with Gasteiger partial charge >= 0.3 is 0 Å². The monoisotopic (exact) mass is 358 g/mol. The topological polar surface area (TPSA) is 111 Å². The minimum absolute atomic E-state index is 0.648. The van der Waals surface area contributed by atoms with Crippen LogP contribution in [-0.2, 0) is 0 Å². The molecule has 0 spiro atoms. The Morgan fingerprint density at radius 2 is 1.54 bits per heavy atom. The van der Waals surface area contributed by atoms with Crippen molar-refractivity contribution in [1.29, 1.82) is 21.0 Å². The standard InChI is InChI=1S/C19H14N6S/c1-25(2)17-24-16-15(26-17)8-14(13-6-4-3-5-7-13)18(9-20,10-21)19(16,11-22)12-23/h3-8,14,16H,1-2H3/t14-,16-/m0/s1. The summed E-state index contributed by atoms with van der Waals surface area (Å²) in [5.41, 5.74) is -3.04. The van der Waals surface area contributed by atoms with Gasteiger partial charge in [0, 0.05) is 24.9 Å². The Morgan fingerprint density at radius 1 is 0.962 bits per heavy atom. The van der Waals surface area contributed by atoms with Gasteiger partial charge < -0.3 is 4.90 Å². The van der Waals surface area contributed by atoms with Crippen LogP contribution in [0.15, 0.2) is 46.3 Å². The molecule has 1 heterocycles. The van der Waals surface area contributed by atoms with Crippen LogP contribution in [0.25, 0.3) is 0 Å². The van der Waals surface area contributed by atoms with Crippen LogP contribution in [-0.4, -0.2) is 30.2 Å². The molecular formula is C19H14N6S. The second-order valence-corrected chi connectivity index (χ2v) is 7.37. The minimum Gasteiger partial charge on any atom is -0.357 e. The zero-order chi connectivity index (χ0) is 18.9. The van der Waals surface area contributed by atoms with E-state index in [0.29, 0.717) is 5.17 Å². The normalized spacial score (nSPS) is 24.5. The zero-order valence-electron chi connectivity index (χ0n) is 14.2. The number of allylic oxidation sites excluding steroid dienone is 1. The first-order valence-corrected chi connectivity index (χ1v) is 8.66. The van der Waals surface area contributed by atoms with Crippen molar-refractivity contribution in [3.63, 3.8) is 0 Å². The van der Waals surface area contributed by atoms with Gasteiger partial charge in [0.25, 0.3) is 0 Å². The SMILES string of the molecule is CN(C)C1=N[C@H]2C(=C[C@@H](c3ccccc3)C(C#N)(C#N)C2(C#N)C#N)S1. The summed E-state index contributed by atoms with van der Waals surface area (Å²) in [6.07, 6.45) is 1.82. The van der Waals surface area contributed by atoms with Crippen molar-refractivity contribution in [1.82, 2.24) is 4.90 Å². The summed E-state index contributed by atoms with van der Waals surface area (Å²) in [5, 5.41) is 40.6. The van der Waals surface area contributed by atoms with Gasteiger partial charge in [-0.25, -0.2) is 0 Å². The average Bonchev–Trinajstić information content (AvgIpc) is 3.11. The molecule has 1 aromatic rings. The lowest BCUT2D eigenvalue weighted by atomic mass is 9.53. The molecule has 1 aliphatic carbocycles. The highest BCUT2D eigenvalue weighted by Gasteiger charge is 2.67. The summed E-state index contributed by atoms with van der Waals surface area (Å²) in [7, 11) is 3.64. The van der Waals surface area contributed by atoms with Gasteiger partial charge in [-0.15, -0.1) is 0 Å². The lowest BCUT2D eigenvalue weighted by Gasteiger charge is -2.42. The molecule has 1 aliphatic heterocycles. The molecule has 126 valence electrons. The van der Waals surface area contributed by atoms with Crippen LogP contribution in [0.2, 0.25) is 0 Å². The molecular weight excluding hydrogens is 344 g/mol. The smallest absolute Gasteiger partial charge is 0.203 e. The van der Waals surface area contributed by atoms with E-state index in [4.69, 9.17) is 0 Å². The molecule has 0 N–H and O–H groups in total. The van der Waals surface area contributed by atoms with Crippen LogP contribution in [0.4, 0.5) is 0 Å². The molecule has 0 fully saturated rings. The Bertz CT molecular complexity index is 937. The molecule has 26 heavy (non-hydrogen) atoms. The third-order valence-electron chi connectivity index (χ3n) is 4.79. The molecule has 7 heteroatoms. The van der Waals surface area contributed by atoms with Crippen molar-refractivity contribution >= 4 is 16.9 Å². The van der Waals surface area contributed by atoms with Crippen molar-refractivity contribution in [2.24, 2.45) is 15.8 Å². The lowest BCUT2D eigenvalue weighted by Crippen LogP contribution is -2.51. The van der Waals surface area contributed by atoms with Crippen LogP contribution in [0.1, 0.15) is 11.5 Å². The quantitative estimate of drug-likeness (QED) is 0.763. The number of benzene rings is 1. The van der Waals surface area contributed by atoms with Crippen LogP contribution >= 0.6 is 11.8 Å². The third-order valence-corrected chi connectivity index (χ3v) is 6.04. The fourth-order valence-electron chi connectivity index (χ4n) is 3.42. The highest BCUT2D eigenvalue weighted by molar-refractivity contribution is 8.17. The fraction of sp³-hybridized carbons (Fsp3) is 0.316. The highest BCUT2D eigenvalue weighted by atomic mass is 32.2. The number of thioether (sulfide) groups is 1. The molecule has 1 aromatic carbocycles. The number of nitriles is 4. The number of amidine groups is 1. The molecule has 0 unspecified atom stereocenters. The maximum Gasteiger partial charge on any atom is 0.203 e. The molecule has 2 atom stereocenters. The Balaban J connectivity index is 2.34. The number of hydrogen-bond acceptors (Lipinski definition) is 7. The summed E-state index contributed by atoms with van der Waals surface area (Å²) in [6, 6.07) is 16.3. The molecule has 2 aliphatic rings. The maximum absolute atomic E-state index is 10.00. The summed E-state index contributed by atoms with van der Waals surface area (Å²) in [4.78, 5) is 7.04. The largest absolute Gasteiger partial charge is 0.357 e. The van der Waals surface area contributed by atoms with Gasteiger partial charge in [-0.05, 0) is 5.56 Å². The molecule has 3 rings (SSSR count). The molecule has 0 saturated heterocycles. The van der Waals surface area contributed by atoms with Crippen LogP contribution < -0.4 is 0 Å². The van der Waals surface area contributed by atoms with Gasteiger partial charge in [0.05, 0.1) is 24.3 Å². The zero-order valence-corrected chi connectivity index (χ0v) is 15.0. The van der Waals surface area contributed by atoms with Crippen LogP contribution in [0.3, 0.4) is 0 Å². The van der Waals surface area contributed by atoms with Gasteiger partial charge in [-0.2, -0.15) is 21.0 Å². The predicted molar refractivity (Wildman–Crippen MR) is 97.1 cm³/mol. The first-order chi connectivity index (χ1) is 12.5. The fourth-order valence-corrected chi connectivity index (χ4v) is 4.52. The van der Waals surface area contributed by atoms with E-state index < -0.39 is 22.8 Å². The van der Waals surface area contributed by atoms with Gasteiger partial charge in [0.15, 0.2) is 10.6 Å². The van der Waals surface area contributed by atoms with Crippen molar-refractivity contribution < 1.29 is 0 Å². The molecule has 0 saturated carbocycles. The maximum atomic E-state index is 10.00. The van der Waals surface area contributed by atoms with E-state index in [2.05, 4.69) is 4.99 Å². The van der Waals surface area contributed by atoms with Crippen molar-refractivity contribution in [3.8, 4) is 24.3 Å². The van der Waals surface area contributed by atoms with E-state index in [1.165, 1.54) is 11.8 Å². The Labute approximate surface area is 156 Å². The second-order valence-electron chi connectivity index (χ2n) is 6.33. The number of rotatable bonds is 1. The van der Waals surface area contributed by atoms with E-state index in [9.17, 15) is 21.0 Å². The number of nitrogens with zero attached hydrogens (tertiary/aromatic N) is 6. The number of hydrogen-bond donors (Lipinski definition) is 0. The Hall–Kier alpha value is -3.26. The summed E-state index contributed by atoms with van der Waals surface area (Å²) in [6.45, 7) is 0. The first-order valence-electron chi connectivity index (χ1n) is 7.84. The molecule has 0 amide bonds. The first kappa shape index (κ1) is 17.6. The van der Waals surface area contributed by atoms with Crippen LogP contribution in [0, 0.1) is 56.2 Å². The van der Waals surface area contributed by atoms with E-state index in [0.717, 1.165) is 10.5 Å². The van der Waals surface area contributed by atoms with Gasteiger partial charge in [0.1, 0.15) is 6.04 Å². The predicted octanol–water partition coefficient (Wildman–Crippen LogP) is 2.77. The Kier molecular flexibility index (Phi) is 4.21. The van der Waals surface area contributed by atoms with Gasteiger partial charge in [-0.3, -0.25) is 4.99 Å². The van der Waals surface area contributed by atoms with Crippen molar-refractivity contribution in [3.05, 3.63) is 46.9 Å². The van der Waals surface area contributed by atoms with E-state index in [1.807, 2.05) is 62.6 Å². The number of aliphatic imine (C=N–C) groups is 1. The third kappa shape index (κ3) is 2.12. The number of fused-ring (bicyclic) bond motifs is 1. The second kappa shape index (κ2) is 6.23. The molecule has 0 radical (unpaired) electrons. The van der Waals surface area contributed by atoms with Gasteiger partial charge in [0.2, 0.25) is 5.41 Å². The molecule has 6 nitrogen and oxygen atoms in total. The van der Waals surface area contributed by atoms with E-state index >= 15 is 0 Å².